The van der Waals surface area contributed by atoms with Gasteiger partial charge in [0.1, 0.15) is 18.1 Å². The number of amides is 1. The van der Waals surface area contributed by atoms with Crippen molar-refractivity contribution in [2.75, 3.05) is 36.1 Å². The molecule has 0 bridgehead atoms. The van der Waals surface area contributed by atoms with Crippen molar-refractivity contribution in [1.82, 2.24) is 20.3 Å². The second-order valence-electron chi connectivity index (χ2n) is 11.6. The molecule has 1 aromatic carbocycles. The van der Waals surface area contributed by atoms with Gasteiger partial charge in [-0.1, -0.05) is 13.8 Å². The van der Waals surface area contributed by atoms with E-state index in [1.807, 2.05) is 26.0 Å². The normalized spacial score (nSPS) is 19.6. The van der Waals surface area contributed by atoms with Crippen LogP contribution in [0.25, 0.3) is 22.0 Å². The lowest BCUT2D eigenvalue weighted by Crippen LogP contribution is -2.47. The minimum absolute atomic E-state index is 0.00254. The van der Waals surface area contributed by atoms with E-state index in [0.29, 0.717) is 41.5 Å². The molecule has 3 aromatic heterocycles. The minimum atomic E-state index is -3.68. The summed E-state index contributed by atoms with van der Waals surface area (Å²) >= 11 is 0. The molecule has 43 heavy (non-hydrogen) atoms. The Kier molecular flexibility index (Phi) is 7.29. The molecule has 1 aliphatic carbocycles. The van der Waals surface area contributed by atoms with Crippen molar-refractivity contribution in [3.05, 3.63) is 72.1 Å². The summed E-state index contributed by atoms with van der Waals surface area (Å²) in [6.07, 6.45) is 8.88. The first-order valence-electron chi connectivity index (χ1n) is 14.1. The van der Waals surface area contributed by atoms with Crippen LogP contribution in [0.4, 0.5) is 15.8 Å². The fourth-order valence-corrected chi connectivity index (χ4v) is 6.78. The van der Waals surface area contributed by atoms with Gasteiger partial charge < -0.3 is 15.0 Å². The molecular formula is C31H33FN6O4S. The van der Waals surface area contributed by atoms with E-state index in [0.717, 1.165) is 17.4 Å². The van der Waals surface area contributed by atoms with Gasteiger partial charge in [0.25, 0.3) is 0 Å². The molecule has 12 heteroatoms. The number of pyridine rings is 3. The number of nitrogens with one attached hydrogen (secondary N) is 2. The van der Waals surface area contributed by atoms with Crippen molar-refractivity contribution < 1.29 is 22.3 Å². The van der Waals surface area contributed by atoms with E-state index in [2.05, 4.69) is 25.0 Å². The van der Waals surface area contributed by atoms with Crippen molar-refractivity contribution in [2.24, 2.45) is 0 Å². The maximum Gasteiger partial charge on any atom is 0.238 e. The largest absolute Gasteiger partial charge is 0.475 e. The number of halogens is 1. The van der Waals surface area contributed by atoms with E-state index in [4.69, 9.17) is 4.74 Å². The standard InChI is InChI=1S/C31H33FN6O4S/c1-18(2)34-9-10-42-29-26(37-43(4,40)41)11-20(16-36-29)22-12-23-25(13-24(22)32)35-17-27-28(23)31(30(39)38(27)3)14-21(15-31)19-5-7-33-8-6-19/h5-8,11-13,16-18,21,34,37H,9-10,14-15H2,1-4H3. The Bertz CT molecular complexity index is 1830. The van der Waals surface area contributed by atoms with Crippen LogP contribution < -0.4 is 19.7 Å². The van der Waals surface area contributed by atoms with E-state index in [1.54, 1.807) is 36.6 Å². The number of hydrogen-bond donors (Lipinski definition) is 2. The number of sulfonamides is 1. The van der Waals surface area contributed by atoms with Crippen LogP contribution in [0.3, 0.4) is 0 Å². The van der Waals surface area contributed by atoms with Gasteiger partial charge in [0.2, 0.25) is 21.8 Å². The summed E-state index contributed by atoms with van der Waals surface area (Å²) < 4.78 is 48.2. The predicted molar refractivity (Wildman–Crippen MR) is 163 cm³/mol. The van der Waals surface area contributed by atoms with Gasteiger partial charge in [-0.3, -0.25) is 19.5 Å². The van der Waals surface area contributed by atoms with E-state index >= 15 is 4.39 Å². The molecule has 0 saturated heterocycles. The van der Waals surface area contributed by atoms with Gasteiger partial charge in [0, 0.05) is 66.4 Å². The lowest BCUT2D eigenvalue weighted by atomic mass is 9.57. The second-order valence-corrected chi connectivity index (χ2v) is 13.4. The summed E-state index contributed by atoms with van der Waals surface area (Å²) in [5.74, 6) is -0.252. The number of rotatable bonds is 9. The lowest BCUT2D eigenvalue weighted by molar-refractivity contribution is -0.126. The molecule has 2 aliphatic rings. The molecule has 0 unspecified atom stereocenters. The van der Waals surface area contributed by atoms with Crippen LogP contribution in [0.5, 0.6) is 5.88 Å². The van der Waals surface area contributed by atoms with Gasteiger partial charge in [-0.15, -0.1) is 0 Å². The van der Waals surface area contributed by atoms with Crippen LogP contribution >= 0.6 is 0 Å². The van der Waals surface area contributed by atoms with E-state index in [-0.39, 0.29) is 41.6 Å². The fourth-order valence-electron chi connectivity index (χ4n) is 6.23. The Hall–Kier alpha value is -4.16. The third-order valence-corrected chi connectivity index (χ3v) is 8.80. The van der Waals surface area contributed by atoms with Crippen LogP contribution in [-0.4, -0.2) is 61.8 Å². The highest BCUT2D eigenvalue weighted by Gasteiger charge is 2.58. The Morgan fingerprint density at radius 2 is 1.88 bits per heavy atom. The Morgan fingerprint density at radius 1 is 1.14 bits per heavy atom. The number of likely N-dealkylation sites (N-methyl/N-ethyl adjacent to an activating group) is 1. The molecule has 6 rings (SSSR count). The number of aromatic nitrogens is 3. The molecule has 4 heterocycles. The number of benzene rings is 1. The van der Waals surface area contributed by atoms with Crippen molar-refractivity contribution in [3.8, 4) is 17.0 Å². The third-order valence-electron chi connectivity index (χ3n) is 8.21. The molecule has 1 aliphatic heterocycles. The maximum absolute atomic E-state index is 15.6. The molecule has 4 aromatic rings. The Labute approximate surface area is 249 Å². The second kappa shape index (κ2) is 10.8. The zero-order chi connectivity index (χ0) is 30.5. The average Bonchev–Trinajstić information content (AvgIpc) is 3.16. The van der Waals surface area contributed by atoms with Crippen LogP contribution in [0, 0.1) is 5.82 Å². The highest BCUT2D eigenvalue weighted by molar-refractivity contribution is 7.92. The van der Waals surface area contributed by atoms with Crippen LogP contribution in [-0.2, 0) is 20.2 Å². The van der Waals surface area contributed by atoms with Gasteiger partial charge in [-0.25, -0.2) is 17.8 Å². The number of anilines is 2. The zero-order valence-corrected chi connectivity index (χ0v) is 25.2. The highest BCUT2D eigenvalue weighted by Crippen LogP contribution is 2.60. The Morgan fingerprint density at radius 3 is 2.58 bits per heavy atom. The Balaban J connectivity index is 1.41. The number of ether oxygens (including phenoxy) is 1. The predicted octanol–water partition coefficient (Wildman–Crippen LogP) is 4.37. The van der Waals surface area contributed by atoms with Crippen LogP contribution in [0.2, 0.25) is 0 Å². The van der Waals surface area contributed by atoms with Crippen molar-refractivity contribution in [3.63, 3.8) is 0 Å². The van der Waals surface area contributed by atoms with Crippen LogP contribution in [0.1, 0.15) is 43.7 Å². The van der Waals surface area contributed by atoms with Crippen molar-refractivity contribution in [1.29, 1.82) is 0 Å². The molecule has 10 nitrogen and oxygen atoms in total. The fraction of sp³-hybridized carbons (Fsp3) is 0.355. The molecule has 2 N–H and O–H groups in total. The van der Waals surface area contributed by atoms with Gasteiger partial charge in [-0.05, 0) is 48.6 Å². The third kappa shape index (κ3) is 5.29. The van der Waals surface area contributed by atoms with E-state index in [9.17, 15) is 13.2 Å². The summed E-state index contributed by atoms with van der Waals surface area (Å²) in [6.45, 7) is 4.81. The monoisotopic (exact) mass is 604 g/mol. The molecule has 0 atom stereocenters. The molecular weight excluding hydrogens is 571 g/mol. The molecule has 224 valence electrons. The van der Waals surface area contributed by atoms with E-state index in [1.165, 1.54) is 18.3 Å². The molecule has 0 radical (unpaired) electrons. The number of carbonyl (C=O) groups excluding carboxylic acids is 1. The van der Waals surface area contributed by atoms with Gasteiger partial charge in [-0.2, -0.15) is 0 Å². The number of fused-ring (bicyclic) bond motifs is 4. The smallest absolute Gasteiger partial charge is 0.238 e. The number of hydrogen-bond acceptors (Lipinski definition) is 8. The summed E-state index contributed by atoms with van der Waals surface area (Å²) in [6, 6.07) is 8.77. The van der Waals surface area contributed by atoms with Crippen LogP contribution in [0.15, 0.2) is 55.1 Å². The first-order chi connectivity index (χ1) is 20.5. The summed E-state index contributed by atoms with van der Waals surface area (Å²) in [4.78, 5) is 28.3. The first kappa shape index (κ1) is 28.9. The van der Waals surface area contributed by atoms with E-state index < -0.39 is 21.3 Å². The quantitative estimate of drug-likeness (QED) is 0.270. The molecule has 1 amide bonds. The number of nitrogens with zero attached hydrogens (tertiary/aromatic N) is 4. The summed E-state index contributed by atoms with van der Waals surface area (Å²) in [5.41, 5.74) is 3.05. The maximum atomic E-state index is 15.6. The van der Waals surface area contributed by atoms with Gasteiger partial charge in [0.05, 0.1) is 29.1 Å². The summed E-state index contributed by atoms with van der Waals surface area (Å²) in [7, 11) is -1.94. The number of carbonyl (C=O) groups is 1. The molecule has 1 saturated carbocycles. The van der Waals surface area contributed by atoms with Crippen molar-refractivity contribution in [2.45, 2.75) is 44.1 Å². The SMILES string of the molecule is CC(C)NCCOc1ncc(-c2cc3c4c(cnc3cc2F)N(C)C(=O)C42CC(c3ccncc3)C2)cc1NS(C)(=O)=O. The van der Waals surface area contributed by atoms with Gasteiger partial charge >= 0.3 is 0 Å². The highest BCUT2D eigenvalue weighted by atomic mass is 32.2. The van der Waals surface area contributed by atoms with Gasteiger partial charge in [0.15, 0.2) is 0 Å². The minimum Gasteiger partial charge on any atom is -0.475 e. The molecule has 1 spiro atoms. The molecule has 1 fully saturated rings. The average molecular weight is 605 g/mol. The summed E-state index contributed by atoms with van der Waals surface area (Å²) in [5, 5.41) is 3.90. The first-order valence-corrected chi connectivity index (χ1v) is 16.0. The zero-order valence-electron chi connectivity index (χ0n) is 24.4. The lowest BCUT2D eigenvalue weighted by Gasteiger charge is -2.44. The van der Waals surface area contributed by atoms with Crippen molar-refractivity contribution >= 4 is 38.2 Å². The topological polar surface area (TPSA) is 126 Å².